The smallest absolute Gasteiger partial charge is 0.217 e. The zero-order valence-corrected chi connectivity index (χ0v) is 11.4. The summed E-state index contributed by atoms with van der Waals surface area (Å²) in [5.41, 5.74) is -0.316. The third-order valence-corrected chi connectivity index (χ3v) is 3.23. The highest BCUT2D eigenvalue weighted by molar-refractivity contribution is 9.10. The summed E-state index contributed by atoms with van der Waals surface area (Å²) >= 11 is 3.22. The molecule has 0 atom stereocenters. The molecule has 0 spiro atoms. The molecule has 7 heteroatoms. The summed E-state index contributed by atoms with van der Waals surface area (Å²) in [7, 11) is 0. The van der Waals surface area contributed by atoms with Crippen LogP contribution in [0.3, 0.4) is 0 Å². The molecule has 0 saturated carbocycles. The fourth-order valence-electron chi connectivity index (χ4n) is 1.89. The van der Waals surface area contributed by atoms with E-state index >= 15 is 0 Å². The monoisotopic (exact) mass is 337 g/mol. The van der Waals surface area contributed by atoms with Gasteiger partial charge in [0.15, 0.2) is 5.65 Å². The van der Waals surface area contributed by atoms with Crippen molar-refractivity contribution in [3.63, 3.8) is 0 Å². The molecule has 0 aliphatic heterocycles. The van der Waals surface area contributed by atoms with Crippen LogP contribution in [0.2, 0.25) is 0 Å². The lowest BCUT2D eigenvalue weighted by Crippen LogP contribution is -2.08. The van der Waals surface area contributed by atoms with Crippen LogP contribution < -0.4 is 0 Å². The molecular formula is C13H6BrF2N3O. The largest absolute Gasteiger partial charge is 0.287 e. The van der Waals surface area contributed by atoms with Gasteiger partial charge in [-0.25, -0.2) is 13.8 Å². The highest BCUT2D eigenvalue weighted by atomic mass is 79.9. The lowest BCUT2D eigenvalue weighted by atomic mass is 10.1. The van der Waals surface area contributed by atoms with E-state index in [1.54, 1.807) is 6.07 Å². The van der Waals surface area contributed by atoms with Crippen molar-refractivity contribution in [3.8, 4) is 0 Å². The minimum absolute atomic E-state index is 0.00204. The number of aromatic nitrogens is 3. The van der Waals surface area contributed by atoms with Crippen molar-refractivity contribution in [1.82, 2.24) is 15.2 Å². The van der Waals surface area contributed by atoms with Gasteiger partial charge in [0.2, 0.25) is 5.78 Å². The van der Waals surface area contributed by atoms with Crippen molar-refractivity contribution in [2.75, 3.05) is 0 Å². The van der Waals surface area contributed by atoms with Gasteiger partial charge in [-0.3, -0.25) is 9.89 Å². The van der Waals surface area contributed by atoms with Crippen LogP contribution in [0.15, 0.2) is 34.9 Å². The molecule has 3 aromatic rings. The number of aromatic amines is 1. The molecule has 0 aliphatic carbocycles. The summed E-state index contributed by atoms with van der Waals surface area (Å²) in [6.45, 7) is 0. The maximum absolute atomic E-state index is 13.7. The van der Waals surface area contributed by atoms with Gasteiger partial charge in [0.1, 0.15) is 17.3 Å². The first kappa shape index (κ1) is 12.9. The van der Waals surface area contributed by atoms with E-state index in [1.807, 2.05) is 0 Å². The number of benzene rings is 1. The molecule has 0 amide bonds. The highest BCUT2D eigenvalue weighted by Gasteiger charge is 2.22. The van der Waals surface area contributed by atoms with Crippen LogP contribution in [-0.2, 0) is 0 Å². The number of pyridine rings is 1. The summed E-state index contributed by atoms with van der Waals surface area (Å²) in [4.78, 5) is 16.3. The van der Waals surface area contributed by atoms with Crippen molar-refractivity contribution in [2.45, 2.75) is 0 Å². The molecule has 1 aromatic carbocycles. The number of nitrogens with one attached hydrogen (secondary N) is 1. The first-order valence-corrected chi connectivity index (χ1v) is 6.35. The van der Waals surface area contributed by atoms with Gasteiger partial charge < -0.3 is 0 Å². The fraction of sp³-hybridized carbons (Fsp3) is 0. The van der Waals surface area contributed by atoms with E-state index in [2.05, 4.69) is 31.1 Å². The second-order valence-electron chi connectivity index (χ2n) is 4.05. The molecule has 0 fully saturated rings. The standard InChI is InChI=1S/C13H6BrF2N3O/c14-6-4-7-11(18-19-13(7)17-5-6)12(20)10-8(15)2-1-3-9(10)16/h1-5H,(H,17,18,19). The molecule has 1 N–H and O–H groups in total. The van der Waals surface area contributed by atoms with Gasteiger partial charge in [0, 0.05) is 10.7 Å². The van der Waals surface area contributed by atoms with E-state index < -0.39 is 23.0 Å². The summed E-state index contributed by atoms with van der Waals surface area (Å²) in [5.74, 6) is -2.63. The number of ketones is 1. The lowest BCUT2D eigenvalue weighted by Gasteiger charge is -2.02. The number of carbonyl (C=O) groups is 1. The van der Waals surface area contributed by atoms with Crippen LogP contribution in [0.1, 0.15) is 16.1 Å². The Kier molecular flexibility index (Phi) is 3.06. The molecule has 100 valence electrons. The molecule has 2 aromatic heterocycles. The molecule has 0 radical (unpaired) electrons. The minimum atomic E-state index is -0.916. The molecule has 3 rings (SSSR count). The SMILES string of the molecule is O=C(c1c(F)cccc1F)c1[nH]nc2ncc(Br)cc12. The van der Waals surface area contributed by atoms with Crippen LogP contribution in [0.25, 0.3) is 11.0 Å². The zero-order chi connectivity index (χ0) is 14.3. The van der Waals surface area contributed by atoms with Crippen LogP contribution in [0, 0.1) is 11.6 Å². The van der Waals surface area contributed by atoms with E-state index in [0.29, 0.717) is 15.5 Å². The molecule has 2 heterocycles. The highest BCUT2D eigenvalue weighted by Crippen LogP contribution is 2.23. The zero-order valence-electron chi connectivity index (χ0n) is 9.82. The number of hydrogen-bond donors (Lipinski definition) is 1. The van der Waals surface area contributed by atoms with E-state index in [1.165, 1.54) is 12.3 Å². The fourth-order valence-corrected chi connectivity index (χ4v) is 2.22. The second kappa shape index (κ2) is 4.75. The van der Waals surface area contributed by atoms with Crippen molar-refractivity contribution in [3.05, 3.63) is 57.8 Å². The number of H-pyrrole nitrogens is 1. The quantitative estimate of drug-likeness (QED) is 0.730. The summed E-state index contributed by atoms with van der Waals surface area (Å²) in [5, 5.41) is 6.72. The van der Waals surface area contributed by atoms with Gasteiger partial charge in [-0.15, -0.1) is 0 Å². The Bertz CT molecular complexity index is 811. The predicted molar refractivity (Wildman–Crippen MR) is 71.4 cm³/mol. The average molecular weight is 338 g/mol. The van der Waals surface area contributed by atoms with Gasteiger partial charge in [-0.05, 0) is 34.1 Å². The van der Waals surface area contributed by atoms with Crippen molar-refractivity contribution in [1.29, 1.82) is 0 Å². The second-order valence-corrected chi connectivity index (χ2v) is 4.96. The maximum atomic E-state index is 13.7. The predicted octanol–water partition coefficient (Wildman–Crippen LogP) is 3.23. The molecule has 0 unspecified atom stereocenters. The summed E-state index contributed by atoms with van der Waals surface area (Å²) < 4.78 is 27.9. The Morgan fingerprint density at radius 1 is 1.25 bits per heavy atom. The van der Waals surface area contributed by atoms with E-state index in [4.69, 9.17) is 0 Å². The number of fused-ring (bicyclic) bond motifs is 1. The Labute approximate surface area is 120 Å². The Morgan fingerprint density at radius 2 is 1.95 bits per heavy atom. The maximum Gasteiger partial charge on any atom is 0.217 e. The minimum Gasteiger partial charge on any atom is -0.287 e. The molecular weight excluding hydrogens is 332 g/mol. The summed E-state index contributed by atoms with van der Waals surface area (Å²) in [6, 6.07) is 4.87. The number of halogens is 3. The number of nitrogens with zero attached hydrogens (tertiary/aromatic N) is 2. The summed E-state index contributed by atoms with van der Waals surface area (Å²) in [6.07, 6.45) is 1.51. The average Bonchev–Trinajstić information content (AvgIpc) is 2.81. The van der Waals surface area contributed by atoms with Gasteiger partial charge >= 0.3 is 0 Å². The normalized spacial score (nSPS) is 10.9. The van der Waals surface area contributed by atoms with Crippen LogP contribution in [-0.4, -0.2) is 21.0 Å². The van der Waals surface area contributed by atoms with Gasteiger partial charge in [-0.1, -0.05) is 6.07 Å². The van der Waals surface area contributed by atoms with Gasteiger partial charge in [0.25, 0.3) is 0 Å². The van der Waals surface area contributed by atoms with Crippen LogP contribution in [0.5, 0.6) is 0 Å². The van der Waals surface area contributed by atoms with E-state index in [-0.39, 0.29) is 5.69 Å². The number of carbonyl (C=O) groups excluding carboxylic acids is 1. The van der Waals surface area contributed by atoms with Gasteiger partial charge in [0.05, 0.1) is 10.9 Å². The Balaban J connectivity index is 2.21. The molecule has 4 nitrogen and oxygen atoms in total. The van der Waals surface area contributed by atoms with Crippen LogP contribution in [0.4, 0.5) is 8.78 Å². The first-order valence-electron chi connectivity index (χ1n) is 5.56. The molecule has 0 saturated heterocycles. The Morgan fingerprint density at radius 3 is 2.65 bits per heavy atom. The Hall–Kier alpha value is -2.15. The molecule has 20 heavy (non-hydrogen) atoms. The van der Waals surface area contributed by atoms with Crippen molar-refractivity contribution < 1.29 is 13.6 Å². The van der Waals surface area contributed by atoms with Crippen LogP contribution >= 0.6 is 15.9 Å². The van der Waals surface area contributed by atoms with Gasteiger partial charge in [-0.2, -0.15) is 5.10 Å². The third-order valence-electron chi connectivity index (χ3n) is 2.79. The molecule has 0 aliphatic rings. The first-order chi connectivity index (χ1) is 9.58. The third kappa shape index (κ3) is 2.00. The number of hydrogen-bond acceptors (Lipinski definition) is 3. The van der Waals surface area contributed by atoms with Crippen molar-refractivity contribution in [2.24, 2.45) is 0 Å². The van der Waals surface area contributed by atoms with Crippen molar-refractivity contribution >= 4 is 32.7 Å². The topological polar surface area (TPSA) is 58.6 Å². The van der Waals surface area contributed by atoms with E-state index in [0.717, 1.165) is 12.1 Å². The lowest BCUT2D eigenvalue weighted by molar-refractivity contribution is 0.102. The number of rotatable bonds is 2. The molecule has 0 bridgehead atoms. The van der Waals surface area contributed by atoms with E-state index in [9.17, 15) is 13.6 Å².